The Hall–Kier alpha value is -2.35. The maximum Gasteiger partial charge on any atom is 0.253 e. The number of rotatable bonds is 6. The van der Waals surface area contributed by atoms with Crippen molar-refractivity contribution < 1.29 is 9.59 Å². The van der Waals surface area contributed by atoms with Crippen molar-refractivity contribution in [2.75, 3.05) is 43.4 Å². The number of hydrogen-bond donors (Lipinski definition) is 2. The van der Waals surface area contributed by atoms with E-state index in [0.717, 1.165) is 31.9 Å². The van der Waals surface area contributed by atoms with E-state index in [9.17, 15) is 9.59 Å². The van der Waals surface area contributed by atoms with Crippen molar-refractivity contribution in [1.82, 2.24) is 15.2 Å². The molecule has 1 aromatic heterocycles. The van der Waals surface area contributed by atoms with Crippen LogP contribution in [0.4, 0.5) is 11.5 Å². The summed E-state index contributed by atoms with van der Waals surface area (Å²) >= 11 is 12.0. The molecule has 0 bridgehead atoms. The summed E-state index contributed by atoms with van der Waals surface area (Å²) in [7, 11) is 2.11. The first-order chi connectivity index (χ1) is 14.7. The number of likely N-dealkylation sites (N-methyl/N-ethyl adjacent to an activating group) is 1. The van der Waals surface area contributed by atoms with Crippen LogP contribution in [0.5, 0.6) is 0 Å². The second-order valence-corrected chi connectivity index (χ2v) is 8.84. The highest BCUT2D eigenvalue weighted by Gasteiger charge is 2.26. The number of amides is 2. The van der Waals surface area contributed by atoms with Gasteiger partial charge in [0.2, 0.25) is 5.91 Å². The summed E-state index contributed by atoms with van der Waals surface area (Å²) in [6, 6.07) is 7.59. The first-order valence-electron chi connectivity index (χ1n) is 10.2. The molecule has 2 heterocycles. The van der Waals surface area contributed by atoms with Crippen molar-refractivity contribution in [2.24, 2.45) is 5.92 Å². The van der Waals surface area contributed by atoms with Gasteiger partial charge in [-0.25, -0.2) is 4.98 Å². The number of hydrogen-bond acceptors (Lipinski definition) is 5. The predicted octanol–water partition coefficient (Wildman–Crippen LogP) is 3.53. The normalized spacial score (nSPS) is 15.6. The van der Waals surface area contributed by atoms with Gasteiger partial charge in [-0.1, -0.05) is 37.0 Å². The van der Waals surface area contributed by atoms with Crippen LogP contribution in [0.25, 0.3) is 0 Å². The Morgan fingerprint density at radius 1 is 1.06 bits per heavy atom. The highest BCUT2D eigenvalue weighted by Crippen LogP contribution is 2.22. The van der Waals surface area contributed by atoms with E-state index in [0.29, 0.717) is 10.8 Å². The van der Waals surface area contributed by atoms with Gasteiger partial charge in [-0.3, -0.25) is 9.59 Å². The average Bonchev–Trinajstić information content (AvgIpc) is 2.72. The summed E-state index contributed by atoms with van der Waals surface area (Å²) in [5, 5.41) is 6.22. The number of benzene rings is 1. The summed E-state index contributed by atoms with van der Waals surface area (Å²) in [6.07, 6.45) is 1.76. The van der Waals surface area contributed by atoms with Crippen LogP contribution in [-0.2, 0) is 4.79 Å². The molecule has 2 amide bonds. The van der Waals surface area contributed by atoms with Crippen molar-refractivity contribution in [1.29, 1.82) is 0 Å². The fourth-order valence-electron chi connectivity index (χ4n) is 3.34. The van der Waals surface area contributed by atoms with Crippen LogP contribution in [0, 0.1) is 5.92 Å². The Morgan fingerprint density at radius 2 is 1.77 bits per heavy atom. The van der Waals surface area contributed by atoms with Crippen LogP contribution in [0.2, 0.25) is 10.0 Å². The second-order valence-electron chi connectivity index (χ2n) is 8.00. The van der Waals surface area contributed by atoms with Gasteiger partial charge in [-0.05, 0) is 43.3 Å². The van der Waals surface area contributed by atoms with Crippen molar-refractivity contribution in [3.8, 4) is 0 Å². The first kappa shape index (κ1) is 23.3. The number of nitrogens with zero attached hydrogens (tertiary/aromatic N) is 3. The lowest BCUT2D eigenvalue weighted by Gasteiger charge is -2.33. The lowest BCUT2D eigenvalue weighted by Crippen LogP contribution is -2.47. The zero-order chi connectivity index (χ0) is 22.5. The molecule has 0 aliphatic carbocycles. The molecule has 0 saturated carbocycles. The number of halogens is 2. The molecule has 1 aliphatic heterocycles. The summed E-state index contributed by atoms with van der Waals surface area (Å²) < 4.78 is 0. The van der Waals surface area contributed by atoms with E-state index in [1.807, 2.05) is 19.9 Å². The van der Waals surface area contributed by atoms with Crippen molar-refractivity contribution in [3.05, 3.63) is 52.1 Å². The predicted molar refractivity (Wildman–Crippen MR) is 125 cm³/mol. The third kappa shape index (κ3) is 6.09. The topological polar surface area (TPSA) is 77.6 Å². The molecule has 166 valence electrons. The van der Waals surface area contributed by atoms with Crippen LogP contribution in [0.3, 0.4) is 0 Å². The molecular weight excluding hydrogens is 437 g/mol. The van der Waals surface area contributed by atoms with Crippen LogP contribution < -0.4 is 15.5 Å². The van der Waals surface area contributed by atoms with Crippen LogP contribution in [0.1, 0.15) is 24.2 Å². The lowest BCUT2D eigenvalue weighted by atomic mass is 10.0. The highest BCUT2D eigenvalue weighted by molar-refractivity contribution is 6.36. The van der Waals surface area contributed by atoms with Gasteiger partial charge >= 0.3 is 0 Å². The lowest BCUT2D eigenvalue weighted by molar-refractivity contribution is -0.118. The average molecular weight is 464 g/mol. The van der Waals surface area contributed by atoms with Crippen molar-refractivity contribution in [2.45, 2.75) is 19.9 Å². The number of pyridine rings is 1. The third-order valence-corrected chi connectivity index (χ3v) is 5.83. The Morgan fingerprint density at radius 3 is 2.35 bits per heavy atom. The summed E-state index contributed by atoms with van der Waals surface area (Å²) in [6.45, 7) is 7.62. The number of anilines is 2. The Balaban J connectivity index is 1.64. The molecule has 1 aliphatic rings. The van der Waals surface area contributed by atoms with Gasteiger partial charge in [0.15, 0.2) is 0 Å². The second kappa shape index (κ2) is 10.3. The molecule has 0 unspecified atom stereocenters. The van der Waals surface area contributed by atoms with Gasteiger partial charge in [-0.15, -0.1) is 0 Å². The molecule has 2 N–H and O–H groups in total. The van der Waals surface area contributed by atoms with E-state index < -0.39 is 11.9 Å². The van der Waals surface area contributed by atoms with Crippen LogP contribution >= 0.6 is 23.2 Å². The first-order valence-corrected chi connectivity index (χ1v) is 11.0. The van der Waals surface area contributed by atoms with E-state index in [1.165, 1.54) is 12.1 Å². The molecule has 1 saturated heterocycles. The zero-order valence-corrected chi connectivity index (χ0v) is 19.4. The molecule has 1 fully saturated rings. The molecule has 31 heavy (non-hydrogen) atoms. The van der Waals surface area contributed by atoms with E-state index in [4.69, 9.17) is 23.2 Å². The van der Waals surface area contributed by atoms with Crippen LogP contribution in [-0.4, -0.2) is 61.0 Å². The van der Waals surface area contributed by atoms with E-state index in [2.05, 4.69) is 32.5 Å². The van der Waals surface area contributed by atoms with E-state index in [1.54, 1.807) is 18.3 Å². The summed E-state index contributed by atoms with van der Waals surface area (Å²) in [4.78, 5) is 34.4. The largest absolute Gasteiger partial charge is 0.368 e. The Bertz CT molecular complexity index is 928. The van der Waals surface area contributed by atoms with Gasteiger partial charge in [-0.2, -0.15) is 0 Å². The van der Waals surface area contributed by atoms with Crippen molar-refractivity contribution in [3.63, 3.8) is 0 Å². The van der Waals surface area contributed by atoms with Gasteiger partial charge in [0, 0.05) is 31.2 Å². The minimum atomic E-state index is -0.752. The standard InChI is InChI=1S/C22H27Cl2N5O2/c1-14(2)20(27-21(30)17-6-4-15(23)12-18(17)24)22(31)26-19-7-5-16(13-25-19)29-10-8-28(3)9-11-29/h4-7,12-14,20H,8-11H2,1-3H3,(H,27,30)(H,25,26,31)/t20-/m1/s1. The monoisotopic (exact) mass is 463 g/mol. The fourth-order valence-corrected chi connectivity index (χ4v) is 3.84. The van der Waals surface area contributed by atoms with Gasteiger partial charge in [0.25, 0.3) is 5.91 Å². The number of carbonyl (C=O) groups excluding carboxylic acids is 2. The van der Waals surface area contributed by atoms with Crippen LogP contribution in [0.15, 0.2) is 36.5 Å². The maximum atomic E-state index is 12.8. The number of aromatic nitrogens is 1. The Labute approximate surface area is 192 Å². The number of carbonyl (C=O) groups is 2. The molecule has 7 nitrogen and oxygen atoms in total. The number of piperazine rings is 1. The molecular formula is C22H27Cl2N5O2. The smallest absolute Gasteiger partial charge is 0.253 e. The molecule has 3 rings (SSSR count). The molecule has 2 aromatic rings. The van der Waals surface area contributed by atoms with Gasteiger partial charge < -0.3 is 20.4 Å². The molecule has 0 spiro atoms. The number of nitrogens with one attached hydrogen (secondary N) is 2. The summed E-state index contributed by atoms with van der Waals surface area (Å²) in [5.41, 5.74) is 1.29. The quantitative estimate of drug-likeness (QED) is 0.684. The minimum absolute atomic E-state index is 0.139. The molecule has 0 radical (unpaired) electrons. The molecule has 1 aromatic carbocycles. The minimum Gasteiger partial charge on any atom is -0.368 e. The van der Waals surface area contributed by atoms with E-state index >= 15 is 0 Å². The maximum absolute atomic E-state index is 12.8. The van der Waals surface area contributed by atoms with Gasteiger partial charge in [0.1, 0.15) is 11.9 Å². The molecule has 9 heteroatoms. The highest BCUT2D eigenvalue weighted by atomic mass is 35.5. The SMILES string of the molecule is CC(C)[C@@H](NC(=O)c1ccc(Cl)cc1Cl)C(=O)Nc1ccc(N2CCN(C)CC2)cn1. The fraction of sp³-hybridized carbons (Fsp3) is 0.409. The van der Waals surface area contributed by atoms with E-state index in [-0.39, 0.29) is 22.4 Å². The Kier molecular flexibility index (Phi) is 7.75. The molecule has 1 atom stereocenters. The third-order valence-electron chi connectivity index (χ3n) is 5.28. The van der Waals surface area contributed by atoms with Crippen molar-refractivity contribution >= 4 is 46.5 Å². The zero-order valence-electron chi connectivity index (χ0n) is 17.9. The van der Waals surface area contributed by atoms with Gasteiger partial charge in [0.05, 0.1) is 22.5 Å². The summed E-state index contributed by atoms with van der Waals surface area (Å²) in [5.74, 6) is -0.478.